The summed E-state index contributed by atoms with van der Waals surface area (Å²) in [4.78, 5) is 16.6. The van der Waals surface area contributed by atoms with Crippen molar-refractivity contribution in [2.24, 2.45) is 0 Å². The molecule has 7 rings (SSSR count). The minimum atomic E-state index is -3.68. The van der Waals surface area contributed by atoms with Crippen LogP contribution in [-0.2, 0) is 9.84 Å². The zero-order valence-corrected chi connectivity index (χ0v) is 23.0. The van der Waals surface area contributed by atoms with Gasteiger partial charge in [0.2, 0.25) is 5.95 Å². The minimum Gasteiger partial charge on any atom is -0.382 e. The number of H-pyrrole nitrogens is 1. The van der Waals surface area contributed by atoms with Crippen molar-refractivity contribution in [3.63, 3.8) is 0 Å². The molecule has 4 aromatic heterocycles. The normalized spacial score (nSPS) is 20.9. The lowest BCUT2D eigenvalue weighted by Gasteiger charge is -2.38. The van der Waals surface area contributed by atoms with Crippen LogP contribution in [0.2, 0.25) is 0 Å². The number of piperidine rings is 1. The van der Waals surface area contributed by atoms with Crippen molar-refractivity contribution in [3.8, 4) is 22.4 Å². The van der Waals surface area contributed by atoms with Crippen molar-refractivity contribution in [2.45, 2.75) is 55.5 Å². The number of anilines is 2. The first-order valence-electron chi connectivity index (χ1n) is 13.3. The van der Waals surface area contributed by atoms with E-state index in [1.807, 2.05) is 49.4 Å². The summed E-state index contributed by atoms with van der Waals surface area (Å²) >= 11 is 0. The van der Waals surface area contributed by atoms with E-state index < -0.39 is 9.84 Å². The van der Waals surface area contributed by atoms with Crippen molar-refractivity contribution in [3.05, 3.63) is 66.4 Å². The van der Waals surface area contributed by atoms with Crippen molar-refractivity contribution in [2.75, 3.05) is 16.9 Å². The topological polar surface area (TPSA) is 148 Å². The number of aromatic nitrogens is 7. The van der Waals surface area contributed by atoms with E-state index in [0.717, 1.165) is 53.9 Å². The molecule has 11 nitrogen and oxygen atoms in total. The third-order valence-electron chi connectivity index (χ3n) is 8.11. The van der Waals surface area contributed by atoms with Crippen LogP contribution in [0.5, 0.6) is 0 Å². The molecule has 0 saturated carbocycles. The fourth-order valence-corrected chi connectivity index (χ4v) is 7.44. The maximum Gasteiger partial charge on any atom is 0.245 e. The fraction of sp³-hybridized carbons (Fsp3) is 0.321. The van der Waals surface area contributed by atoms with Gasteiger partial charge in [0.1, 0.15) is 16.5 Å². The Morgan fingerprint density at radius 2 is 1.73 bits per heavy atom. The molecule has 2 fully saturated rings. The summed E-state index contributed by atoms with van der Waals surface area (Å²) in [5.41, 5.74) is 11.0. The van der Waals surface area contributed by atoms with Crippen LogP contribution in [0.4, 0.5) is 11.8 Å². The summed E-state index contributed by atoms with van der Waals surface area (Å²) in [7, 11) is -3.68. The Morgan fingerprint density at radius 1 is 0.975 bits per heavy atom. The number of pyridine rings is 1. The number of fused-ring (bicyclic) bond motifs is 3. The molecule has 204 valence electrons. The number of hydrogen-bond donors (Lipinski definition) is 2. The van der Waals surface area contributed by atoms with E-state index in [4.69, 9.17) is 10.7 Å². The molecule has 40 heavy (non-hydrogen) atoms. The van der Waals surface area contributed by atoms with Crippen LogP contribution in [0.15, 0.2) is 59.8 Å². The summed E-state index contributed by atoms with van der Waals surface area (Å²) in [6.07, 6.45) is 8.13. The van der Waals surface area contributed by atoms with E-state index in [0.29, 0.717) is 17.3 Å². The summed E-state index contributed by atoms with van der Waals surface area (Å²) in [5.74, 6) is 1.49. The first kappa shape index (κ1) is 24.7. The van der Waals surface area contributed by atoms with Gasteiger partial charge in [-0.3, -0.25) is 10.1 Å². The quantitative estimate of drug-likeness (QED) is 0.330. The molecule has 1 aromatic carbocycles. The van der Waals surface area contributed by atoms with Gasteiger partial charge in [0.05, 0.1) is 17.6 Å². The van der Waals surface area contributed by atoms with Crippen molar-refractivity contribution in [1.82, 2.24) is 34.8 Å². The van der Waals surface area contributed by atoms with E-state index in [9.17, 15) is 8.42 Å². The van der Waals surface area contributed by atoms with Gasteiger partial charge in [-0.2, -0.15) is 14.6 Å². The molecule has 3 N–H and O–H groups in total. The molecule has 2 bridgehead atoms. The van der Waals surface area contributed by atoms with Crippen molar-refractivity contribution >= 4 is 27.3 Å². The molecule has 6 heterocycles. The van der Waals surface area contributed by atoms with Crippen molar-refractivity contribution < 1.29 is 8.42 Å². The van der Waals surface area contributed by atoms with Crippen LogP contribution < -0.4 is 10.6 Å². The highest BCUT2D eigenvalue weighted by Crippen LogP contribution is 2.46. The first-order valence-corrected chi connectivity index (χ1v) is 15.2. The molecule has 2 aliphatic rings. The maximum absolute atomic E-state index is 13.1. The average Bonchev–Trinajstić information content (AvgIpc) is 3.63. The highest BCUT2D eigenvalue weighted by Gasteiger charge is 2.44. The number of aromatic amines is 1. The van der Waals surface area contributed by atoms with E-state index >= 15 is 0 Å². The Balaban J connectivity index is 1.30. The second-order valence-electron chi connectivity index (χ2n) is 10.8. The van der Waals surface area contributed by atoms with Gasteiger partial charge < -0.3 is 10.6 Å². The standard InChI is InChI=1S/C28H29N9O2S/c1-16-32-28(35-34-16)36-20-9-10-21(36)13-19(12-20)24-25(40(2,38)39)26(29)37-27(33-24)22(15-31-37)18-8-11-23(30-14-18)17-6-4-3-5-7-17/h3-8,11,14-15,19-21H,9-10,12-13,29H2,1-2H3,(H,32,34,35)/t19?,20-,21+. The lowest BCUT2D eigenvalue weighted by Crippen LogP contribution is -2.43. The van der Waals surface area contributed by atoms with Crippen molar-refractivity contribution in [1.29, 1.82) is 0 Å². The number of rotatable bonds is 5. The summed E-state index contributed by atoms with van der Waals surface area (Å²) < 4.78 is 27.6. The molecule has 2 aliphatic heterocycles. The Bertz CT molecular complexity index is 1820. The smallest absolute Gasteiger partial charge is 0.245 e. The maximum atomic E-state index is 13.1. The van der Waals surface area contributed by atoms with Gasteiger partial charge in [0, 0.05) is 47.1 Å². The number of aryl methyl sites for hydroxylation is 1. The monoisotopic (exact) mass is 555 g/mol. The molecule has 12 heteroatoms. The first-order chi connectivity index (χ1) is 19.3. The molecule has 5 aromatic rings. The van der Waals surface area contributed by atoms with Gasteiger partial charge in [0.15, 0.2) is 15.5 Å². The Labute approximate surface area is 231 Å². The van der Waals surface area contributed by atoms with Crippen LogP contribution in [0, 0.1) is 6.92 Å². The Kier molecular flexibility index (Phi) is 5.63. The number of nitrogen functional groups attached to an aromatic ring is 1. The third kappa shape index (κ3) is 4.01. The third-order valence-corrected chi connectivity index (χ3v) is 9.27. The zero-order chi connectivity index (χ0) is 27.6. The number of benzene rings is 1. The molecule has 0 aliphatic carbocycles. The molecule has 1 unspecified atom stereocenters. The lowest BCUT2D eigenvalue weighted by atomic mass is 9.88. The number of sulfone groups is 1. The molecule has 0 amide bonds. The Hall–Kier alpha value is -4.32. The highest BCUT2D eigenvalue weighted by atomic mass is 32.2. The second-order valence-corrected chi connectivity index (χ2v) is 12.7. The largest absolute Gasteiger partial charge is 0.382 e. The van der Waals surface area contributed by atoms with E-state index in [2.05, 4.69) is 30.2 Å². The van der Waals surface area contributed by atoms with Gasteiger partial charge in [-0.05, 0) is 38.7 Å². The van der Waals surface area contributed by atoms with Crippen LogP contribution >= 0.6 is 0 Å². The number of nitrogens with one attached hydrogen (secondary N) is 1. The number of nitrogens with zero attached hydrogens (tertiary/aromatic N) is 7. The number of nitrogens with two attached hydrogens (primary N) is 1. The van der Waals surface area contributed by atoms with Gasteiger partial charge in [-0.1, -0.05) is 36.4 Å². The molecular formula is C28H29N9O2S. The zero-order valence-electron chi connectivity index (χ0n) is 22.2. The molecule has 0 spiro atoms. The Morgan fingerprint density at radius 3 is 2.35 bits per heavy atom. The predicted octanol–water partition coefficient (Wildman–Crippen LogP) is 3.79. The van der Waals surface area contributed by atoms with Crippen LogP contribution in [0.25, 0.3) is 28.0 Å². The average molecular weight is 556 g/mol. The van der Waals surface area contributed by atoms with Gasteiger partial charge >= 0.3 is 0 Å². The highest BCUT2D eigenvalue weighted by molar-refractivity contribution is 7.91. The van der Waals surface area contributed by atoms with Crippen LogP contribution in [0.3, 0.4) is 0 Å². The second kappa shape index (κ2) is 9.12. The van der Waals surface area contributed by atoms with Gasteiger partial charge in [-0.25, -0.2) is 13.4 Å². The molecule has 3 atom stereocenters. The van der Waals surface area contributed by atoms with Gasteiger partial charge in [-0.15, -0.1) is 5.10 Å². The predicted molar refractivity (Wildman–Crippen MR) is 152 cm³/mol. The number of hydrogen-bond acceptors (Lipinski definition) is 9. The summed E-state index contributed by atoms with van der Waals surface area (Å²) in [5, 5.41) is 11.8. The molecular weight excluding hydrogens is 526 g/mol. The molecule has 0 radical (unpaired) electrons. The van der Waals surface area contributed by atoms with Gasteiger partial charge in [0.25, 0.3) is 0 Å². The summed E-state index contributed by atoms with van der Waals surface area (Å²) in [6, 6.07) is 14.3. The van der Waals surface area contributed by atoms with E-state index in [1.165, 1.54) is 10.8 Å². The lowest BCUT2D eigenvalue weighted by molar-refractivity contribution is 0.400. The van der Waals surface area contributed by atoms with E-state index in [1.54, 1.807) is 12.4 Å². The minimum absolute atomic E-state index is 0.0683. The van der Waals surface area contributed by atoms with E-state index in [-0.39, 0.29) is 28.7 Å². The fourth-order valence-electron chi connectivity index (χ4n) is 6.38. The van der Waals surface area contributed by atoms with Crippen LogP contribution in [0.1, 0.15) is 43.1 Å². The molecule has 2 saturated heterocycles. The summed E-state index contributed by atoms with van der Waals surface area (Å²) in [6.45, 7) is 1.89. The van der Waals surface area contributed by atoms with Crippen LogP contribution in [-0.4, -0.2) is 61.5 Å². The SMILES string of the molecule is Cc1nc(N2[C@@H]3CC[C@H]2CC(c2nc4c(-c5ccc(-c6ccccc6)nc5)cnn4c(N)c2S(C)(=O)=O)C3)n[nH]1.